The van der Waals surface area contributed by atoms with Crippen LogP contribution < -0.4 is 5.32 Å². The number of carbonyl (C=O) groups is 1. The van der Waals surface area contributed by atoms with Gasteiger partial charge in [0.15, 0.2) is 15.4 Å². The average Bonchev–Trinajstić information content (AvgIpc) is 2.34. The first-order valence-corrected chi connectivity index (χ1v) is 8.15. The number of hydrogen-bond donors (Lipinski definition) is 2. The van der Waals surface area contributed by atoms with E-state index >= 15 is 0 Å². The first-order valence-electron chi connectivity index (χ1n) is 6.09. The van der Waals surface area contributed by atoms with Crippen molar-refractivity contribution >= 4 is 21.4 Å². The molecule has 0 aliphatic rings. The van der Waals surface area contributed by atoms with Crippen molar-refractivity contribution in [1.29, 1.82) is 5.26 Å². The maximum absolute atomic E-state index is 12.8. The number of rotatable bonds is 4. The molecule has 0 aliphatic carbocycles. The third-order valence-electron chi connectivity index (χ3n) is 2.74. The summed E-state index contributed by atoms with van der Waals surface area (Å²) in [5.74, 6) is -2.07. The van der Waals surface area contributed by atoms with E-state index in [-0.39, 0.29) is 5.69 Å². The molecule has 1 aromatic carbocycles. The zero-order valence-corrected chi connectivity index (χ0v) is 12.9. The SMILES string of the molecule is C[C@](O)(CS(C)(=O)=O)C(=O)Nc1ccc(C#N)c(C(F)(F)F)c1. The molecule has 1 aromatic rings. The van der Waals surface area contributed by atoms with Crippen LogP contribution in [0, 0.1) is 11.3 Å². The highest BCUT2D eigenvalue weighted by Crippen LogP contribution is 2.33. The molecule has 0 saturated heterocycles. The Morgan fingerprint density at radius 2 is 1.96 bits per heavy atom. The number of nitriles is 1. The van der Waals surface area contributed by atoms with Gasteiger partial charge < -0.3 is 10.4 Å². The Labute approximate surface area is 130 Å². The average molecular weight is 350 g/mol. The fourth-order valence-electron chi connectivity index (χ4n) is 1.80. The highest BCUT2D eigenvalue weighted by molar-refractivity contribution is 7.90. The van der Waals surface area contributed by atoms with Crippen LogP contribution in [0.4, 0.5) is 18.9 Å². The lowest BCUT2D eigenvalue weighted by molar-refractivity contribution is -0.137. The summed E-state index contributed by atoms with van der Waals surface area (Å²) in [5, 5.41) is 20.5. The van der Waals surface area contributed by atoms with Gasteiger partial charge in [0.25, 0.3) is 5.91 Å². The van der Waals surface area contributed by atoms with E-state index in [0.29, 0.717) is 6.07 Å². The first-order chi connectivity index (χ1) is 10.3. The number of sulfone groups is 1. The predicted molar refractivity (Wildman–Crippen MR) is 75.1 cm³/mol. The molecule has 0 fully saturated rings. The molecule has 0 aliphatic heterocycles. The monoisotopic (exact) mass is 350 g/mol. The number of benzene rings is 1. The number of aliphatic hydroxyl groups is 1. The minimum Gasteiger partial charge on any atom is -0.379 e. The maximum atomic E-state index is 12.8. The Balaban J connectivity index is 3.11. The lowest BCUT2D eigenvalue weighted by Gasteiger charge is -2.21. The highest BCUT2D eigenvalue weighted by Gasteiger charge is 2.36. The van der Waals surface area contributed by atoms with E-state index in [1.807, 2.05) is 5.32 Å². The Morgan fingerprint density at radius 1 is 1.39 bits per heavy atom. The van der Waals surface area contributed by atoms with Crippen LogP contribution in [-0.4, -0.2) is 37.0 Å². The van der Waals surface area contributed by atoms with Gasteiger partial charge in [0.2, 0.25) is 0 Å². The fourth-order valence-corrected chi connectivity index (χ4v) is 2.95. The highest BCUT2D eigenvalue weighted by atomic mass is 32.2. The largest absolute Gasteiger partial charge is 0.417 e. The molecule has 0 radical (unpaired) electrons. The van der Waals surface area contributed by atoms with Crippen molar-refractivity contribution in [2.75, 3.05) is 17.3 Å². The number of hydrogen-bond acceptors (Lipinski definition) is 5. The predicted octanol–water partition coefficient (Wildman–Crippen LogP) is 1.31. The van der Waals surface area contributed by atoms with Crippen LogP contribution in [0.2, 0.25) is 0 Å². The van der Waals surface area contributed by atoms with Gasteiger partial charge in [0, 0.05) is 11.9 Å². The molecule has 2 N–H and O–H groups in total. The lowest BCUT2D eigenvalue weighted by Crippen LogP contribution is -2.45. The van der Waals surface area contributed by atoms with Crippen molar-refractivity contribution in [3.63, 3.8) is 0 Å². The minimum absolute atomic E-state index is 0.324. The molecule has 1 amide bonds. The van der Waals surface area contributed by atoms with Gasteiger partial charge in [0.05, 0.1) is 22.9 Å². The van der Waals surface area contributed by atoms with Gasteiger partial charge >= 0.3 is 6.18 Å². The first kappa shape index (κ1) is 18.9. The maximum Gasteiger partial charge on any atom is 0.417 e. The normalized spacial score (nSPS) is 14.7. The number of carbonyl (C=O) groups excluding carboxylic acids is 1. The van der Waals surface area contributed by atoms with Gasteiger partial charge in [-0.15, -0.1) is 0 Å². The number of amides is 1. The van der Waals surface area contributed by atoms with Crippen LogP contribution in [0.15, 0.2) is 18.2 Å². The third-order valence-corrected chi connectivity index (χ3v) is 3.82. The molecule has 126 valence electrons. The number of alkyl halides is 3. The van der Waals surface area contributed by atoms with Crippen molar-refractivity contribution in [2.24, 2.45) is 0 Å². The minimum atomic E-state index is -4.80. The van der Waals surface area contributed by atoms with Crippen molar-refractivity contribution in [2.45, 2.75) is 18.7 Å². The number of nitrogens with zero attached hydrogens (tertiary/aromatic N) is 1. The van der Waals surface area contributed by atoms with Crippen molar-refractivity contribution in [3.05, 3.63) is 29.3 Å². The van der Waals surface area contributed by atoms with E-state index in [1.165, 1.54) is 6.07 Å². The quantitative estimate of drug-likeness (QED) is 0.851. The molecule has 23 heavy (non-hydrogen) atoms. The molecule has 6 nitrogen and oxygen atoms in total. The molecular formula is C13H13F3N2O4S. The van der Waals surface area contributed by atoms with Gasteiger partial charge in [-0.3, -0.25) is 4.79 Å². The van der Waals surface area contributed by atoms with Crippen molar-refractivity contribution < 1.29 is 31.5 Å². The summed E-state index contributed by atoms with van der Waals surface area (Å²) in [6, 6.07) is 3.83. The number of halogens is 3. The summed E-state index contributed by atoms with van der Waals surface area (Å²) in [7, 11) is -3.70. The van der Waals surface area contributed by atoms with E-state index < -0.39 is 44.4 Å². The summed E-state index contributed by atoms with van der Waals surface area (Å²) in [4.78, 5) is 11.9. The van der Waals surface area contributed by atoms with Gasteiger partial charge in [-0.25, -0.2) is 8.42 Å². The molecule has 1 atom stereocenters. The Kier molecular flexibility index (Phi) is 5.08. The molecule has 0 saturated carbocycles. The molecule has 0 heterocycles. The second kappa shape index (κ2) is 6.17. The standard InChI is InChI=1S/C13H13F3N2O4S/c1-12(20,7-23(2,21)22)11(19)18-9-4-3-8(6-17)10(5-9)13(14,15)16/h3-5,20H,7H2,1-2H3,(H,18,19)/t12-/m0/s1. The van der Waals surface area contributed by atoms with E-state index in [1.54, 1.807) is 0 Å². The van der Waals surface area contributed by atoms with Crippen LogP contribution in [0.1, 0.15) is 18.1 Å². The Hall–Kier alpha value is -2.12. The van der Waals surface area contributed by atoms with Gasteiger partial charge in [-0.1, -0.05) is 0 Å². The zero-order chi connectivity index (χ0) is 18.1. The summed E-state index contributed by atoms with van der Waals surface area (Å²) >= 11 is 0. The Bertz CT molecular complexity index is 764. The lowest BCUT2D eigenvalue weighted by atomic mass is 10.1. The number of nitrogens with one attached hydrogen (secondary N) is 1. The van der Waals surface area contributed by atoms with Crippen LogP contribution in [0.3, 0.4) is 0 Å². The van der Waals surface area contributed by atoms with Crippen LogP contribution in [-0.2, 0) is 20.8 Å². The molecule has 0 bridgehead atoms. The molecule has 0 aromatic heterocycles. The van der Waals surface area contributed by atoms with E-state index in [9.17, 15) is 31.5 Å². The Morgan fingerprint density at radius 3 is 2.39 bits per heavy atom. The summed E-state index contributed by atoms with van der Waals surface area (Å²) in [6.07, 6.45) is -4.00. The van der Waals surface area contributed by atoms with Crippen molar-refractivity contribution in [1.82, 2.24) is 0 Å². The van der Waals surface area contributed by atoms with Crippen LogP contribution >= 0.6 is 0 Å². The van der Waals surface area contributed by atoms with Crippen LogP contribution in [0.5, 0.6) is 0 Å². The molecule has 0 unspecified atom stereocenters. The van der Waals surface area contributed by atoms with Gasteiger partial charge in [-0.2, -0.15) is 18.4 Å². The second-order valence-corrected chi connectivity index (χ2v) is 7.31. The summed E-state index contributed by atoms with van der Waals surface area (Å²) in [6.45, 7) is 0.928. The number of anilines is 1. The molecule has 1 rings (SSSR count). The van der Waals surface area contributed by atoms with E-state index in [2.05, 4.69) is 0 Å². The smallest absolute Gasteiger partial charge is 0.379 e. The van der Waals surface area contributed by atoms with E-state index in [0.717, 1.165) is 25.3 Å². The zero-order valence-electron chi connectivity index (χ0n) is 12.1. The second-order valence-electron chi connectivity index (χ2n) is 5.17. The molecular weight excluding hydrogens is 337 g/mol. The molecule has 10 heteroatoms. The third kappa shape index (κ3) is 5.22. The van der Waals surface area contributed by atoms with E-state index in [4.69, 9.17) is 5.26 Å². The topological polar surface area (TPSA) is 107 Å². The van der Waals surface area contributed by atoms with Crippen molar-refractivity contribution in [3.8, 4) is 6.07 Å². The van der Waals surface area contributed by atoms with Crippen LogP contribution in [0.25, 0.3) is 0 Å². The van der Waals surface area contributed by atoms with Gasteiger partial charge in [-0.05, 0) is 25.1 Å². The summed E-state index contributed by atoms with van der Waals surface area (Å²) in [5.41, 5.74) is -4.52. The fraction of sp³-hybridized carbons (Fsp3) is 0.385. The molecule has 0 spiro atoms. The van der Waals surface area contributed by atoms with Gasteiger partial charge in [0.1, 0.15) is 0 Å². The summed E-state index contributed by atoms with van der Waals surface area (Å²) < 4.78 is 60.7.